The number of aromatic nitrogens is 2. The molecule has 2 aliphatic carbocycles. The lowest BCUT2D eigenvalue weighted by molar-refractivity contribution is -0.126. The van der Waals surface area contributed by atoms with Crippen LogP contribution in [0.1, 0.15) is 69.0 Å². The van der Waals surface area contributed by atoms with Crippen LogP contribution in [0.15, 0.2) is 4.52 Å². The highest BCUT2D eigenvalue weighted by Crippen LogP contribution is 2.39. The summed E-state index contributed by atoms with van der Waals surface area (Å²) in [4.78, 5) is 19.1. The van der Waals surface area contributed by atoms with Gasteiger partial charge in [-0.2, -0.15) is 4.98 Å². The van der Waals surface area contributed by atoms with Crippen LogP contribution in [0, 0.1) is 5.92 Å². The molecule has 3 aliphatic rings. The minimum atomic E-state index is 0.246. The molecule has 4 rings (SSSR count). The number of ketones is 1. The highest BCUT2D eigenvalue weighted by molar-refractivity contribution is 5.82. The third kappa shape index (κ3) is 2.76. The molecule has 5 nitrogen and oxygen atoms in total. The molecule has 0 amide bonds. The second-order valence-electron chi connectivity index (χ2n) is 6.82. The van der Waals surface area contributed by atoms with Crippen LogP contribution in [0.3, 0.4) is 0 Å². The number of Topliss-reactive ketones (excluding diaryl/α,β-unsaturated/α-hetero) is 1. The Morgan fingerprint density at radius 1 is 1.14 bits per heavy atom. The van der Waals surface area contributed by atoms with Gasteiger partial charge in [-0.15, -0.1) is 0 Å². The van der Waals surface area contributed by atoms with Gasteiger partial charge in [0.25, 0.3) is 0 Å². The first-order valence-electron chi connectivity index (χ1n) is 8.40. The zero-order valence-corrected chi connectivity index (χ0v) is 12.5. The van der Waals surface area contributed by atoms with Crippen LogP contribution in [0.5, 0.6) is 0 Å². The van der Waals surface area contributed by atoms with E-state index in [1.807, 2.05) is 0 Å². The predicted molar refractivity (Wildman–Crippen MR) is 76.7 cm³/mol. The Morgan fingerprint density at radius 2 is 2.05 bits per heavy atom. The van der Waals surface area contributed by atoms with Crippen LogP contribution in [0.4, 0.5) is 0 Å². The van der Waals surface area contributed by atoms with Gasteiger partial charge in [0, 0.05) is 24.3 Å². The van der Waals surface area contributed by atoms with E-state index in [0.29, 0.717) is 17.7 Å². The van der Waals surface area contributed by atoms with Gasteiger partial charge in [-0.3, -0.25) is 9.69 Å². The molecule has 1 aliphatic heterocycles. The third-order valence-electron chi connectivity index (χ3n) is 5.24. The summed E-state index contributed by atoms with van der Waals surface area (Å²) in [6.45, 7) is 1.80. The van der Waals surface area contributed by atoms with Crippen LogP contribution in [-0.2, 0) is 11.3 Å². The first kappa shape index (κ1) is 13.4. The Labute approximate surface area is 125 Å². The lowest BCUT2D eigenvalue weighted by Gasteiger charge is -2.32. The maximum absolute atomic E-state index is 12.2. The summed E-state index contributed by atoms with van der Waals surface area (Å²) in [5, 5.41) is 4.13. The van der Waals surface area contributed by atoms with Crippen molar-refractivity contribution in [1.82, 2.24) is 15.0 Å². The molecule has 1 saturated heterocycles. The van der Waals surface area contributed by atoms with Crippen LogP contribution >= 0.6 is 0 Å². The number of likely N-dealkylation sites (tertiary alicyclic amines) is 1. The van der Waals surface area contributed by atoms with Crippen molar-refractivity contribution in [2.75, 3.05) is 6.54 Å². The van der Waals surface area contributed by atoms with Crippen molar-refractivity contribution in [3.05, 3.63) is 11.7 Å². The van der Waals surface area contributed by atoms with Gasteiger partial charge in [-0.25, -0.2) is 0 Å². The van der Waals surface area contributed by atoms with Gasteiger partial charge in [0.15, 0.2) is 5.82 Å². The van der Waals surface area contributed by atoms with Gasteiger partial charge in [0.2, 0.25) is 5.89 Å². The van der Waals surface area contributed by atoms with Gasteiger partial charge in [-0.1, -0.05) is 11.6 Å². The summed E-state index contributed by atoms with van der Waals surface area (Å²) < 4.78 is 5.35. The number of hydrogen-bond donors (Lipinski definition) is 0. The molecular weight excluding hydrogens is 266 g/mol. The number of rotatable bonds is 4. The summed E-state index contributed by atoms with van der Waals surface area (Å²) >= 11 is 0. The molecule has 3 fully saturated rings. The SMILES string of the molecule is O=C1CCCCC1C1CCCN1Cc1noc(C2CC2)n1. The van der Waals surface area contributed by atoms with E-state index in [1.165, 1.54) is 25.7 Å². The predicted octanol–water partition coefficient (Wildman–Crippen LogP) is 2.67. The molecule has 0 bridgehead atoms. The first-order chi connectivity index (χ1) is 10.3. The molecule has 1 aromatic rings. The standard InChI is InChI=1S/C16H23N3O2/c20-14-6-2-1-4-12(14)13-5-3-9-19(13)10-15-17-16(21-18-15)11-7-8-11/h11-13H,1-10H2. The number of carbonyl (C=O) groups is 1. The van der Waals surface area contributed by atoms with Crippen molar-refractivity contribution in [3.63, 3.8) is 0 Å². The van der Waals surface area contributed by atoms with Gasteiger partial charge in [-0.05, 0) is 45.1 Å². The molecule has 2 atom stereocenters. The Morgan fingerprint density at radius 3 is 2.86 bits per heavy atom. The van der Waals surface area contributed by atoms with Crippen molar-refractivity contribution in [2.24, 2.45) is 5.92 Å². The molecular formula is C16H23N3O2. The Kier molecular flexibility index (Phi) is 3.53. The maximum Gasteiger partial charge on any atom is 0.229 e. The van der Waals surface area contributed by atoms with Crippen LogP contribution < -0.4 is 0 Å². The fourth-order valence-corrected chi connectivity index (χ4v) is 3.93. The van der Waals surface area contributed by atoms with Gasteiger partial charge >= 0.3 is 0 Å². The van der Waals surface area contributed by atoms with E-state index in [2.05, 4.69) is 15.0 Å². The monoisotopic (exact) mass is 289 g/mol. The number of hydrogen-bond acceptors (Lipinski definition) is 5. The maximum atomic E-state index is 12.2. The highest BCUT2D eigenvalue weighted by Gasteiger charge is 2.37. The fraction of sp³-hybridized carbons (Fsp3) is 0.812. The third-order valence-corrected chi connectivity index (χ3v) is 5.24. The van der Waals surface area contributed by atoms with Crippen molar-refractivity contribution >= 4 is 5.78 Å². The molecule has 0 radical (unpaired) electrons. The fourth-order valence-electron chi connectivity index (χ4n) is 3.93. The number of carbonyl (C=O) groups excluding carboxylic acids is 1. The molecule has 114 valence electrons. The number of nitrogens with zero attached hydrogens (tertiary/aromatic N) is 3. The summed E-state index contributed by atoms with van der Waals surface area (Å²) in [7, 11) is 0. The molecule has 21 heavy (non-hydrogen) atoms. The average Bonchev–Trinajstić information content (AvgIpc) is 3.07. The molecule has 2 unspecified atom stereocenters. The average molecular weight is 289 g/mol. The minimum absolute atomic E-state index is 0.246. The van der Waals surface area contributed by atoms with E-state index >= 15 is 0 Å². The minimum Gasteiger partial charge on any atom is -0.339 e. The van der Waals surface area contributed by atoms with E-state index in [4.69, 9.17) is 4.52 Å². The molecule has 1 aromatic heterocycles. The summed E-state index contributed by atoms with van der Waals surface area (Å²) in [6.07, 6.45) is 8.83. The van der Waals surface area contributed by atoms with Crippen molar-refractivity contribution in [1.29, 1.82) is 0 Å². The molecule has 0 spiro atoms. The van der Waals surface area contributed by atoms with Gasteiger partial charge in [0.1, 0.15) is 5.78 Å². The van der Waals surface area contributed by atoms with E-state index in [9.17, 15) is 4.79 Å². The molecule has 5 heteroatoms. The van der Waals surface area contributed by atoms with E-state index < -0.39 is 0 Å². The lowest BCUT2D eigenvalue weighted by atomic mass is 9.82. The summed E-state index contributed by atoms with van der Waals surface area (Å²) in [5.74, 6) is 2.85. The zero-order chi connectivity index (χ0) is 14.2. The normalized spacial score (nSPS) is 31.0. The molecule has 2 heterocycles. The van der Waals surface area contributed by atoms with Crippen molar-refractivity contribution in [3.8, 4) is 0 Å². The van der Waals surface area contributed by atoms with Crippen LogP contribution in [-0.4, -0.2) is 33.4 Å². The summed E-state index contributed by atoms with van der Waals surface area (Å²) in [5.41, 5.74) is 0. The largest absolute Gasteiger partial charge is 0.339 e. The van der Waals surface area contributed by atoms with Gasteiger partial charge < -0.3 is 4.52 Å². The van der Waals surface area contributed by atoms with E-state index in [1.54, 1.807) is 0 Å². The topological polar surface area (TPSA) is 59.2 Å². The van der Waals surface area contributed by atoms with E-state index in [-0.39, 0.29) is 5.92 Å². The van der Waals surface area contributed by atoms with Crippen LogP contribution in [0.2, 0.25) is 0 Å². The first-order valence-corrected chi connectivity index (χ1v) is 8.40. The Balaban J connectivity index is 1.43. The molecule has 2 saturated carbocycles. The van der Waals surface area contributed by atoms with E-state index in [0.717, 1.165) is 50.5 Å². The van der Waals surface area contributed by atoms with Gasteiger partial charge in [0.05, 0.1) is 6.54 Å². The quantitative estimate of drug-likeness (QED) is 0.853. The molecule has 0 N–H and O–H groups in total. The van der Waals surface area contributed by atoms with Crippen LogP contribution in [0.25, 0.3) is 0 Å². The Bertz CT molecular complexity index is 523. The highest BCUT2D eigenvalue weighted by atomic mass is 16.5. The summed E-state index contributed by atoms with van der Waals surface area (Å²) in [6, 6.07) is 0.403. The lowest BCUT2D eigenvalue weighted by Crippen LogP contribution is -2.40. The Hall–Kier alpha value is -1.23. The second-order valence-corrected chi connectivity index (χ2v) is 6.82. The van der Waals surface area contributed by atoms with Crippen molar-refractivity contribution in [2.45, 2.75) is 69.9 Å². The zero-order valence-electron chi connectivity index (χ0n) is 12.5. The van der Waals surface area contributed by atoms with Crippen molar-refractivity contribution < 1.29 is 9.32 Å². The smallest absolute Gasteiger partial charge is 0.229 e. The molecule has 0 aromatic carbocycles. The second kappa shape index (κ2) is 5.52.